The van der Waals surface area contributed by atoms with Crippen LogP contribution in [0.2, 0.25) is 0 Å². The summed E-state index contributed by atoms with van der Waals surface area (Å²) in [6, 6.07) is 24.2. The van der Waals surface area contributed by atoms with Crippen molar-refractivity contribution in [1.82, 2.24) is 4.90 Å². The van der Waals surface area contributed by atoms with Gasteiger partial charge in [0, 0.05) is 19.5 Å². The fraction of sp³-hybridized carbons (Fsp3) is 0.300. The van der Waals surface area contributed by atoms with Crippen LogP contribution in [0, 0.1) is 5.92 Å². The van der Waals surface area contributed by atoms with E-state index in [4.69, 9.17) is 4.84 Å². The quantitative estimate of drug-likeness (QED) is 0.508. The molecule has 6 heteroatoms. The average molecular weight is 481 g/mol. The Morgan fingerprint density at radius 3 is 2.08 bits per heavy atom. The molecular weight excluding hydrogens is 452 g/mol. The number of nitrogens with zero attached hydrogens (tertiary/aromatic N) is 2. The summed E-state index contributed by atoms with van der Waals surface area (Å²) in [4.78, 5) is 32.4. The van der Waals surface area contributed by atoms with Gasteiger partial charge in [0.1, 0.15) is 0 Å². The van der Waals surface area contributed by atoms with Crippen LogP contribution in [0.25, 0.3) is 11.1 Å². The minimum Gasteiger partial charge on any atom is -0.481 e. The molecule has 6 nitrogen and oxygen atoms in total. The molecule has 0 radical (unpaired) electrons. The number of hydrogen-bond donors (Lipinski definition) is 1. The minimum atomic E-state index is -0.740. The highest BCUT2D eigenvalue weighted by atomic mass is 16.6. The summed E-state index contributed by atoms with van der Waals surface area (Å²) in [5, 5.41) is 13.8. The molecule has 0 saturated heterocycles. The fourth-order valence-corrected chi connectivity index (χ4v) is 5.47. The van der Waals surface area contributed by atoms with E-state index in [0.717, 1.165) is 28.0 Å². The van der Waals surface area contributed by atoms with Crippen molar-refractivity contribution in [2.75, 3.05) is 0 Å². The molecule has 2 heterocycles. The van der Waals surface area contributed by atoms with Gasteiger partial charge >= 0.3 is 5.97 Å². The molecule has 1 amide bonds. The van der Waals surface area contributed by atoms with Gasteiger partial charge in [-0.3, -0.25) is 9.59 Å². The number of aliphatic carboxylic acids is 1. The number of carbonyl (C=O) groups excluding carboxylic acids is 1. The lowest BCUT2D eigenvalue weighted by Crippen LogP contribution is -2.30. The van der Waals surface area contributed by atoms with Crippen molar-refractivity contribution in [2.24, 2.45) is 11.1 Å². The third kappa shape index (κ3) is 3.87. The molecular formula is C30H28N2O4. The van der Waals surface area contributed by atoms with E-state index in [1.807, 2.05) is 72.5 Å². The molecule has 1 fully saturated rings. The first-order valence-corrected chi connectivity index (χ1v) is 12.4. The van der Waals surface area contributed by atoms with Gasteiger partial charge in [0.15, 0.2) is 6.10 Å². The van der Waals surface area contributed by atoms with Crippen molar-refractivity contribution in [3.63, 3.8) is 0 Å². The van der Waals surface area contributed by atoms with Gasteiger partial charge in [-0.15, -0.1) is 0 Å². The maximum absolute atomic E-state index is 13.2. The Morgan fingerprint density at radius 1 is 0.944 bits per heavy atom. The molecule has 182 valence electrons. The van der Waals surface area contributed by atoms with Crippen LogP contribution >= 0.6 is 0 Å². The summed E-state index contributed by atoms with van der Waals surface area (Å²) in [6.07, 6.45) is 1.48. The highest BCUT2D eigenvalue weighted by Gasteiger charge is 2.51. The Kier molecular flexibility index (Phi) is 5.40. The molecule has 3 aromatic carbocycles. The Labute approximate surface area is 210 Å². The van der Waals surface area contributed by atoms with E-state index in [1.54, 1.807) is 0 Å². The zero-order valence-corrected chi connectivity index (χ0v) is 20.2. The van der Waals surface area contributed by atoms with E-state index in [9.17, 15) is 14.7 Å². The van der Waals surface area contributed by atoms with E-state index in [1.165, 1.54) is 11.1 Å². The fourth-order valence-electron chi connectivity index (χ4n) is 5.47. The summed E-state index contributed by atoms with van der Waals surface area (Å²) < 4.78 is 0. The molecule has 3 aromatic rings. The second-order valence-electron chi connectivity index (χ2n) is 10.2. The largest absolute Gasteiger partial charge is 0.481 e. The van der Waals surface area contributed by atoms with E-state index in [0.29, 0.717) is 32.4 Å². The average Bonchev–Trinajstić information content (AvgIpc) is 3.48. The standard InChI is InChI=1S/C30H28N2O4/c1-19-26(16-27(33)32-17-23-4-2-3-5-24(23)18-32)28(36-31-19)22-8-6-20(7-9-22)21-10-12-25(13-11-21)30(14-15-30)29(34)35/h2-13,26,28H,14-18H2,1H3,(H,34,35). The molecule has 1 aliphatic carbocycles. The molecule has 2 aliphatic heterocycles. The SMILES string of the molecule is CC1=NOC(c2ccc(-c3ccc(C4(C(=O)O)CC4)cc3)cc2)C1CC(=O)N1Cc2ccccc2C1. The van der Waals surface area contributed by atoms with Gasteiger partial charge < -0.3 is 14.8 Å². The summed E-state index contributed by atoms with van der Waals surface area (Å²) in [7, 11) is 0. The topological polar surface area (TPSA) is 79.2 Å². The van der Waals surface area contributed by atoms with Crippen molar-refractivity contribution in [3.8, 4) is 11.1 Å². The summed E-state index contributed by atoms with van der Waals surface area (Å²) in [6.45, 7) is 3.24. The molecule has 36 heavy (non-hydrogen) atoms. The van der Waals surface area contributed by atoms with Crippen LogP contribution in [0.1, 0.15) is 54.5 Å². The highest BCUT2D eigenvalue weighted by Crippen LogP contribution is 2.48. The third-order valence-corrected chi connectivity index (χ3v) is 7.97. The van der Waals surface area contributed by atoms with E-state index < -0.39 is 11.4 Å². The number of fused-ring (bicyclic) bond motifs is 1. The smallest absolute Gasteiger partial charge is 0.314 e. The summed E-state index contributed by atoms with van der Waals surface area (Å²) in [5.41, 5.74) is 6.53. The van der Waals surface area contributed by atoms with E-state index in [-0.39, 0.29) is 17.9 Å². The van der Waals surface area contributed by atoms with Crippen molar-refractivity contribution in [2.45, 2.75) is 50.8 Å². The second-order valence-corrected chi connectivity index (χ2v) is 10.2. The van der Waals surface area contributed by atoms with Crippen molar-refractivity contribution in [3.05, 3.63) is 95.1 Å². The van der Waals surface area contributed by atoms with Crippen LogP contribution in [-0.2, 0) is 32.9 Å². The van der Waals surface area contributed by atoms with Gasteiger partial charge in [0.05, 0.1) is 17.0 Å². The predicted molar refractivity (Wildman–Crippen MR) is 136 cm³/mol. The zero-order chi connectivity index (χ0) is 24.9. The number of benzene rings is 3. The first kappa shape index (κ1) is 22.5. The molecule has 2 unspecified atom stereocenters. The molecule has 3 aliphatic rings. The number of carboxylic acids is 1. The molecule has 1 N–H and O–H groups in total. The van der Waals surface area contributed by atoms with Gasteiger partial charge in [0.2, 0.25) is 5.91 Å². The Morgan fingerprint density at radius 2 is 1.53 bits per heavy atom. The van der Waals surface area contributed by atoms with Crippen LogP contribution in [-0.4, -0.2) is 27.6 Å². The zero-order valence-electron chi connectivity index (χ0n) is 20.2. The van der Waals surface area contributed by atoms with Crippen molar-refractivity contribution in [1.29, 1.82) is 0 Å². The summed E-state index contributed by atoms with van der Waals surface area (Å²) >= 11 is 0. The van der Waals surface area contributed by atoms with Crippen molar-refractivity contribution >= 4 is 17.6 Å². The van der Waals surface area contributed by atoms with Crippen molar-refractivity contribution < 1.29 is 19.5 Å². The van der Waals surface area contributed by atoms with E-state index >= 15 is 0 Å². The minimum absolute atomic E-state index is 0.0999. The lowest BCUT2D eigenvalue weighted by atomic mass is 9.88. The van der Waals surface area contributed by atoms with Gasteiger partial charge in [0.25, 0.3) is 0 Å². The number of carbonyl (C=O) groups is 2. The Balaban J connectivity index is 1.14. The van der Waals surface area contributed by atoms with Gasteiger partial charge in [-0.05, 0) is 53.1 Å². The van der Waals surface area contributed by atoms with E-state index in [2.05, 4.69) is 17.3 Å². The van der Waals surface area contributed by atoms with Crippen LogP contribution in [0.15, 0.2) is 78.0 Å². The molecule has 0 bridgehead atoms. The maximum Gasteiger partial charge on any atom is 0.314 e. The third-order valence-electron chi connectivity index (χ3n) is 7.97. The van der Waals surface area contributed by atoms with Crippen LogP contribution in [0.3, 0.4) is 0 Å². The number of amides is 1. The lowest BCUT2D eigenvalue weighted by molar-refractivity contribution is -0.140. The Hall–Kier alpha value is -3.93. The first-order chi connectivity index (χ1) is 17.4. The van der Waals surface area contributed by atoms with Gasteiger partial charge in [-0.2, -0.15) is 0 Å². The maximum atomic E-state index is 13.2. The Bertz CT molecular complexity index is 1330. The van der Waals surface area contributed by atoms with Crippen LogP contribution in [0.4, 0.5) is 0 Å². The molecule has 1 saturated carbocycles. The second kappa shape index (κ2) is 8.63. The molecule has 6 rings (SSSR count). The normalized spacial score (nSPS) is 21.5. The molecule has 2 atom stereocenters. The van der Waals surface area contributed by atoms with Gasteiger partial charge in [-0.1, -0.05) is 78.0 Å². The number of hydrogen-bond acceptors (Lipinski definition) is 4. The number of carboxylic acid groups (broad SMARTS) is 1. The molecule has 0 aromatic heterocycles. The van der Waals surface area contributed by atoms with Crippen LogP contribution in [0.5, 0.6) is 0 Å². The number of oxime groups is 1. The van der Waals surface area contributed by atoms with Crippen LogP contribution < -0.4 is 0 Å². The predicted octanol–water partition coefficient (Wildman–Crippen LogP) is 5.47. The van der Waals surface area contributed by atoms with Gasteiger partial charge in [-0.25, -0.2) is 0 Å². The lowest BCUT2D eigenvalue weighted by Gasteiger charge is -2.22. The highest BCUT2D eigenvalue weighted by molar-refractivity contribution is 5.90. The number of rotatable bonds is 6. The monoisotopic (exact) mass is 480 g/mol. The summed E-state index contributed by atoms with van der Waals surface area (Å²) in [5.74, 6) is -0.721. The first-order valence-electron chi connectivity index (χ1n) is 12.4. The molecule has 0 spiro atoms.